The maximum atomic E-state index is 13.3. The fourth-order valence-corrected chi connectivity index (χ4v) is 4.31. The molecule has 0 unspecified atom stereocenters. The minimum absolute atomic E-state index is 0.119. The molecule has 1 aliphatic heterocycles. The molecule has 150 valence electrons. The van der Waals surface area contributed by atoms with E-state index in [4.69, 9.17) is 33.2 Å². The highest BCUT2D eigenvalue weighted by atomic mass is 35.5. The number of carbonyl (C=O) groups is 1. The molecule has 8 heteroatoms. The zero-order valence-corrected chi connectivity index (χ0v) is 16.8. The lowest BCUT2D eigenvalue weighted by Crippen LogP contribution is -2.39. The van der Waals surface area contributed by atoms with E-state index in [1.807, 2.05) is 17.0 Å². The van der Waals surface area contributed by atoms with Crippen LogP contribution in [0.3, 0.4) is 0 Å². The van der Waals surface area contributed by atoms with Gasteiger partial charge in [0.1, 0.15) is 5.82 Å². The molecule has 2 fully saturated rings. The van der Waals surface area contributed by atoms with Crippen LogP contribution in [0.2, 0.25) is 5.02 Å². The van der Waals surface area contributed by atoms with Gasteiger partial charge in [-0.2, -0.15) is 9.61 Å². The zero-order chi connectivity index (χ0) is 20.1. The highest BCUT2D eigenvalue weighted by Gasteiger charge is 2.32. The van der Waals surface area contributed by atoms with Crippen molar-refractivity contribution in [1.29, 1.82) is 0 Å². The standard InChI is InChI=1S/C21H23ClN6O/c22-13-6-7-15(23)14(9-13)21(29)27-8-2-1-3-18(27)17-11-20-25-16(12-4-5-12)10-19(24)28(20)26-17/h6-7,9-12,18H,1-5,8,23-24H2/t18-/m0/s1. The first-order chi connectivity index (χ1) is 14.0. The predicted molar refractivity (Wildman–Crippen MR) is 113 cm³/mol. The van der Waals surface area contributed by atoms with Crippen LogP contribution in [0.5, 0.6) is 0 Å². The van der Waals surface area contributed by atoms with Crippen LogP contribution in [0, 0.1) is 0 Å². The van der Waals surface area contributed by atoms with Crippen LogP contribution in [-0.2, 0) is 0 Å². The Balaban J connectivity index is 1.52. The van der Waals surface area contributed by atoms with E-state index in [0.717, 1.165) is 49.1 Å². The number of rotatable bonds is 3. The van der Waals surface area contributed by atoms with Gasteiger partial charge < -0.3 is 16.4 Å². The average Bonchev–Trinajstić information content (AvgIpc) is 3.48. The van der Waals surface area contributed by atoms with Crippen molar-refractivity contribution in [3.8, 4) is 0 Å². The predicted octanol–water partition coefficient (Wildman–Crippen LogP) is 3.79. The van der Waals surface area contributed by atoms with Crippen LogP contribution in [-0.4, -0.2) is 31.9 Å². The maximum Gasteiger partial charge on any atom is 0.256 e. The second kappa shape index (κ2) is 6.91. The number of hydrogen-bond donors (Lipinski definition) is 2. The second-order valence-corrected chi connectivity index (χ2v) is 8.40. The van der Waals surface area contributed by atoms with E-state index in [-0.39, 0.29) is 11.9 Å². The number of likely N-dealkylation sites (tertiary alicyclic amines) is 1. The summed E-state index contributed by atoms with van der Waals surface area (Å²) in [7, 11) is 0. The number of nitrogen functional groups attached to an aromatic ring is 2. The van der Waals surface area contributed by atoms with Gasteiger partial charge in [0.25, 0.3) is 5.91 Å². The summed E-state index contributed by atoms with van der Waals surface area (Å²) in [6.45, 7) is 0.652. The number of amides is 1. The molecule has 2 aromatic heterocycles. The first kappa shape index (κ1) is 18.2. The summed E-state index contributed by atoms with van der Waals surface area (Å²) in [4.78, 5) is 19.9. The molecule has 1 atom stereocenters. The molecule has 0 spiro atoms. The Kier molecular flexibility index (Phi) is 4.35. The van der Waals surface area contributed by atoms with Crippen LogP contribution < -0.4 is 11.5 Å². The number of piperidine rings is 1. The van der Waals surface area contributed by atoms with Gasteiger partial charge in [-0.3, -0.25) is 4.79 Å². The topological polar surface area (TPSA) is 103 Å². The van der Waals surface area contributed by atoms with E-state index in [0.29, 0.717) is 34.6 Å². The number of nitrogens with zero attached hydrogens (tertiary/aromatic N) is 4. The normalized spacial score (nSPS) is 19.6. The van der Waals surface area contributed by atoms with Gasteiger partial charge >= 0.3 is 0 Å². The number of fused-ring (bicyclic) bond motifs is 1. The number of hydrogen-bond acceptors (Lipinski definition) is 5. The number of benzene rings is 1. The maximum absolute atomic E-state index is 13.3. The first-order valence-electron chi connectivity index (χ1n) is 10.0. The monoisotopic (exact) mass is 410 g/mol. The molecule has 0 bridgehead atoms. The molecule has 1 saturated heterocycles. The fourth-order valence-electron chi connectivity index (χ4n) is 4.14. The van der Waals surface area contributed by atoms with Gasteiger partial charge in [0.2, 0.25) is 0 Å². The van der Waals surface area contributed by atoms with Gasteiger partial charge in [0.05, 0.1) is 17.3 Å². The first-order valence-corrected chi connectivity index (χ1v) is 10.4. The highest BCUT2D eigenvalue weighted by Crippen LogP contribution is 2.40. The Bertz CT molecular complexity index is 1110. The number of anilines is 2. The second-order valence-electron chi connectivity index (χ2n) is 7.96. The average molecular weight is 411 g/mol. The van der Waals surface area contributed by atoms with Crippen LogP contribution in [0.4, 0.5) is 11.5 Å². The molecule has 1 amide bonds. The lowest BCUT2D eigenvalue weighted by Gasteiger charge is -2.35. The lowest BCUT2D eigenvalue weighted by atomic mass is 9.98. The Labute approximate surface area is 173 Å². The molecule has 3 heterocycles. The number of aromatic nitrogens is 3. The van der Waals surface area contributed by atoms with Crippen LogP contribution in [0.1, 0.15) is 65.8 Å². The minimum Gasteiger partial charge on any atom is -0.398 e. The third-order valence-corrected chi connectivity index (χ3v) is 6.07. The van der Waals surface area contributed by atoms with E-state index in [1.165, 1.54) is 0 Å². The van der Waals surface area contributed by atoms with Gasteiger partial charge in [-0.15, -0.1) is 0 Å². The third-order valence-electron chi connectivity index (χ3n) is 5.84. The minimum atomic E-state index is -0.139. The SMILES string of the molecule is Nc1ccc(Cl)cc1C(=O)N1CCCC[C@H]1c1cc2nc(C3CC3)cc(N)n2n1. The summed E-state index contributed by atoms with van der Waals surface area (Å²) < 4.78 is 1.67. The van der Waals surface area contributed by atoms with E-state index >= 15 is 0 Å². The molecular formula is C21H23ClN6O. The molecular weight excluding hydrogens is 388 g/mol. The molecule has 5 rings (SSSR count). The Morgan fingerprint density at radius 1 is 1.07 bits per heavy atom. The van der Waals surface area contributed by atoms with Gasteiger partial charge in [-0.25, -0.2) is 4.98 Å². The summed E-state index contributed by atoms with van der Waals surface area (Å²) in [5.74, 6) is 0.974. The molecule has 4 N–H and O–H groups in total. The van der Waals surface area contributed by atoms with Crippen molar-refractivity contribution in [3.63, 3.8) is 0 Å². The summed E-state index contributed by atoms with van der Waals surface area (Å²) in [6.07, 6.45) is 5.14. The Morgan fingerprint density at radius 2 is 1.90 bits per heavy atom. The van der Waals surface area contributed by atoms with Crippen LogP contribution in [0.15, 0.2) is 30.3 Å². The third kappa shape index (κ3) is 3.29. The molecule has 2 aliphatic rings. The number of halogens is 1. The summed E-state index contributed by atoms with van der Waals surface area (Å²) in [5.41, 5.74) is 15.7. The van der Waals surface area contributed by atoms with Gasteiger partial charge in [-0.05, 0) is 50.3 Å². The van der Waals surface area contributed by atoms with E-state index in [2.05, 4.69) is 0 Å². The van der Waals surface area contributed by atoms with Crippen molar-refractivity contribution in [2.75, 3.05) is 18.0 Å². The van der Waals surface area contributed by atoms with E-state index in [9.17, 15) is 4.79 Å². The van der Waals surface area contributed by atoms with Crippen molar-refractivity contribution in [2.45, 2.75) is 44.1 Å². The summed E-state index contributed by atoms with van der Waals surface area (Å²) in [5, 5.41) is 5.19. The Hall–Kier alpha value is -2.80. The molecule has 3 aromatic rings. The van der Waals surface area contributed by atoms with Crippen molar-refractivity contribution >= 4 is 34.7 Å². The zero-order valence-electron chi connectivity index (χ0n) is 16.0. The number of nitrogens with two attached hydrogens (primary N) is 2. The fraction of sp³-hybridized carbons (Fsp3) is 0.381. The van der Waals surface area contributed by atoms with Crippen molar-refractivity contribution in [3.05, 3.63) is 52.3 Å². The summed E-state index contributed by atoms with van der Waals surface area (Å²) >= 11 is 6.11. The molecule has 29 heavy (non-hydrogen) atoms. The van der Waals surface area contributed by atoms with E-state index in [1.54, 1.807) is 22.7 Å². The highest BCUT2D eigenvalue weighted by molar-refractivity contribution is 6.31. The van der Waals surface area contributed by atoms with Crippen molar-refractivity contribution in [1.82, 2.24) is 19.5 Å². The van der Waals surface area contributed by atoms with E-state index < -0.39 is 0 Å². The molecule has 1 aromatic carbocycles. The van der Waals surface area contributed by atoms with Gasteiger partial charge in [0.15, 0.2) is 5.65 Å². The Morgan fingerprint density at radius 3 is 2.69 bits per heavy atom. The van der Waals surface area contributed by atoms with Crippen LogP contribution >= 0.6 is 11.6 Å². The van der Waals surface area contributed by atoms with Gasteiger partial charge in [-0.1, -0.05) is 11.6 Å². The molecule has 0 radical (unpaired) electrons. The smallest absolute Gasteiger partial charge is 0.256 e. The van der Waals surface area contributed by atoms with Crippen LogP contribution in [0.25, 0.3) is 5.65 Å². The summed E-state index contributed by atoms with van der Waals surface area (Å²) in [6, 6.07) is 8.73. The van der Waals surface area contributed by atoms with Crippen molar-refractivity contribution < 1.29 is 4.79 Å². The van der Waals surface area contributed by atoms with Gasteiger partial charge in [0, 0.05) is 41.0 Å². The molecule has 1 aliphatic carbocycles. The number of carbonyl (C=O) groups excluding carboxylic acids is 1. The lowest BCUT2D eigenvalue weighted by molar-refractivity contribution is 0.0607. The molecule has 1 saturated carbocycles. The largest absolute Gasteiger partial charge is 0.398 e. The quantitative estimate of drug-likeness (QED) is 0.639. The van der Waals surface area contributed by atoms with Crippen molar-refractivity contribution in [2.24, 2.45) is 0 Å². The molecule has 7 nitrogen and oxygen atoms in total.